The number of carbonyl (C=O) groups is 3. The number of rotatable bonds is 5. The van der Waals surface area contributed by atoms with Gasteiger partial charge in [0.15, 0.2) is 5.76 Å². The SMILES string of the molecule is O=C(CNC(=O)NCc1ccc(F)cc1)NNC(=O)c1ccco1. The van der Waals surface area contributed by atoms with Gasteiger partial charge in [0.1, 0.15) is 12.4 Å². The fraction of sp³-hybridized carbons (Fsp3) is 0.133. The number of furan rings is 1. The first-order chi connectivity index (χ1) is 11.5. The molecule has 4 N–H and O–H groups in total. The van der Waals surface area contributed by atoms with Gasteiger partial charge in [-0.1, -0.05) is 12.1 Å². The molecule has 0 aliphatic carbocycles. The number of hydrazine groups is 1. The van der Waals surface area contributed by atoms with Crippen LogP contribution < -0.4 is 21.5 Å². The van der Waals surface area contributed by atoms with Crippen LogP contribution in [0.15, 0.2) is 47.1 Å². The zero-order valence-electron chi connectivity index (χ0n) is 12.5. The van der Waals surface area contributed by atoms with Gasteiger partial charge in [0.2, 0.25) is 0 Å². The van der Waals surface area contributed by atoms with E-state index >= 15 is 0 Å². The quantitative estimate of drug-likeness (QED) is 0.602. The van der Waals surface area contributed by atoms with E-state index in [0.29, 0.717) is 5.56 Å². The maximum Gasteiger partial charge on any atom is 0.315 e. The van der Waals surface area contributed by atoms with Crippen molar-refractivity contribution in [2.24, 2.45) is 0 Å². The molecule has 0 saturated heterocycles. The monoisotopic (exact) mass is 334 g/mol. The summed E-state index contributed by atoms with van der Waals surface area (Å²) in [5.74, 6) is -1.56. The zero-order chi connectivity index (χ0) is 17.4. The van der Waals surface area contributed by atoms with Crippen LogP contribution >= 0.6 is 0 Å². The maximum absolute atomic E-state index is 12.7. The minimum Gasteiger partial charge on any atom is -0.459 e. The molecule has 0 saturated carbocycles. The molecular weight excluding hydrogens is 319 g/mol. The topological polar surface area (TPSA) is 112 Å². The Hall–Kier alpha value is -3.36. The molecule has 0 bridgehead atoms. The van der Waals surface area contributed by atoms with E-state index in [2.05, 4.69) is 21.5 Å². The molecule has 0 fully saturated rings. The molecule has 126 valence electrons. The highest BCUT2D eigenvalue weighted by atomic mass is 19.1. The van der Waals surface area contributed by atoms with E-state index in [4.69, 9.17) is 4.42 Å². The molecule has 4 amide bonds. The lowest BCUT2D eigenvalue weighted by Gasteiger charge is -2.09. The van der Waals surface area contributed by atoms with E-state index in [1.807, 2.05) is 0 Å². The number of amides is 4. The van der Waals surface area contributed by atoms with Crippen LogP contribution in [0.5, 0.6) is 0 Å². The fourth-order valence-electron chi connectivity index (χ4n) is 1.65. The lowest BCUT2D eigenvalue weighted by molar-refractivity contribution is -0.120. The number of hydrogen-bond acceptors (Lipinski definition) is 4. The molecule has 2 rings (SSSR count). The van der Waals surface area contributed by atoms with Crippen molar-refractivity contribution in [1.82, 2.24) is 21.5 Å². The average Bonchev–Trinajstić information content (AvgIpc) is 3.12. The van der Waals surface area contributed by atoms with Gasteiger partial charge < -0.3 is 15.1 Å². The largest absolute Gasteiger partial charge is 0.459 e. The van der Waals surface area contributed by atoms with Gasteiger partial charge in [-0.25, -0.2) is 9.18 Å². The van der Waals surface area contributed by atoms with Gasteiger partial charge in [-0.2, -0.15) is 0 Å². The Balaban J connectivity index is 1.63. The molecule has 0 unspecified atom stereocenters. The molecule has 24 heavy (non-hydrogen) atoms. The van der Waals surface area contributed by atoms with Gasteiger partial charge in [0.05, 0.1) is 6.26 Å². The van der Waals surface area contributed by atoms with E-state index in [1.165, 1.54) is 42.7 Å². The van der Waals surface area contributed by atoms with Crippen molar-refractivity contribution in [1.29, 1.82) is 0 Å². The second-order valence-electron chi connectivity index (χ2n) is 4.64. The van der Waals surface area contributed by atoms with Crippen molar-refractivity contribution in [3.8, 4) is 0 Å². The average molecular weight is 334 g/mol. The summed E-state index contributed by atoms with van der Waals surface area (Å²) in [5.41, 5.74) is 4.97. The van der Waals surface area contributed by atoms with Crippen LogP contribution in [0.3, 0.4) is 0 Å². The molecular formula is C15H15FN4O4. The molecule has 9 heteroatoms. The normalized spacial score (nSPS) is 9.88. The van der Waals surface area contributed by atoms with E-state index in [9.17, 15) is 18.8 Å². The Kier molecular flexibility index (Phi) is 5.89. The summed E-state index contributed by atoms with van der Waals surface area (Å²) in [6, 6.07) is 8.02. The molecule has 8 nitrogen and oxygen atoms in total. The third-order valence-electron chi connectivity index (χ3n) is 2.84. The summed E-state index contributed by atoms with van der Waals surface area (Å²) in [7, 11) is 0. The Morgan fingerprint density at radius 3 is 2.42 bits per heavy atom. The van der Waals surface area contributed by atoms with Gasteiger partial charge in [0.25, 0.3) is 5.91 Å². The fourth-order valence-corrected chi connectivity index (χ4v) is 1.65. The van der Waals surface area contributed by atoms with E-state index < -0.39 is 17.8 Å². The smallest absolute Gasteiger partial charge is 0.315 e. The number of benzene rings is 1. The first-order valence-corrected chi connectivity index (χ1v) is 6.93. The molecule has 0 spiro atoms. The minimum atomic E-state index is -0.619. The maximum atomic E-state index is 12.7. The Morgan fingerprint density at radius 1 is 1.00 bits per heavy atom. The van der Waals surface area contributed by atoms with Gasteiger partial charge in [0, 0.05) is 6.54 Å². The van der Waals surface area contributed by atoms with Crippen LogP contribution in [-0.4, -0.2) is 24.4 Å². The Labute approximate surface area is 136 Å². The van der Waals surface area contributed by atoms with Crippen molar-refractivity contribution >= 4 is 17.8 Å². The summed E-state index contributed by atoms with van der Waals surface area (Å²) in [6.45, 7) is -0.156. The number of nitrogens with one attached hydrogen (secondary N) is 4. The van der Waals surface area contributed by atoms with E-state index in [1.54, 1.807) is 0 Å². The predicted molar refractivity (Wildman–Crippen MR) is 81.0 cm³/mol. The first kappa shape index (κ1) is 17.0. The van der Waals surface area contributed by atoms with Gasteiger partial charge in [-0.05, 0) is 29.8 Å². The minimum absolute atomic E-state index is 0.0419. The molecule has 2 aromatic rings. The van der Waals surface area contributed by atoms with E-state index in [-0.39, 0.29) is 24.7 Å². The standard InChI is InChI=1S/C15H15FN4O4/c16-11-5-3-10(4-6-11)8-17-15(23)18-9-13(21)19-20-14(22)12-2-1-7-24-12/h1-7H,8-9H2,(H,19,21)(H,20,22)(H2,17,18,23). The third kappa shape index (κ3) is 5.44. The third-order valence-corrected chi connectivity index (χ3v) is 2.84. The lowest BCUT2D eigenvalue weighted by atomic mass is 10.2. The molecule has 0 radical (unpaired) electrons. The second-order valence-corrected chi connectivity index (χ2v) is 4.64. The lowest BCUT2D eigenvalue weighted by Crippen LogP contribution is -2.47. The number of hydrogen-bond donors (Lipinski definition) is 4. The highest BCUT2D eigenvalue weighted by Gasteiger charge is 2.10. The van der Waals surface area contributed by atoms with Crippen LogP contribution in [0.25, 0.3) is 0 Å². The number of carbonyl (C=O) groups excluding carboxylic acids is 3. The van der Waals surface area contributed by atoms with Crippen LogP contribution in [0.4, 0.5) is 9.18 Å². The zero-order valence-corrected chi connectivity index (χ0v) is 12.5. The van der Waals surface area contributed by atoms with E-state index in [0.717, 1.165) is 0 Å². The predicted octanol–water partition coefficient (Wildman–Crippen LogP) is 0.679. The van der Waals surface area contributed by atoms with Crippen LogP contribution in [0, 0.1) is 5.82 Å². The molecule has 0 atom stereocenters. The second kappa shape index (κ2) is 8.32. The van der Waals surface area contributed by atoms with Gasteiger partial charge in [-0.3, -0.25) is 20.4 Å². The van der Waals surface area contributed by atoms with Crippen molar-refractivity contribution in [3.05, 3.63) is 59.8 Å². The highest BCUT2D eigenvalue weighted by molar-refractivity contribution is 5.93. The van der Waals surface area contributed by atoms with Crippen molar-refractivity contribution in [2.75, 3.05) is 6.54 Å². The molecule has 1 heterocycles. The van der Waals surface area contributed by atoms with Gasteiger partial charge >= 0.3 is 11.9 Å². The Bertz CT molecular complexity index is 701. The summed E-state index contributed by atoms with van der Waals surface area (Å²) >= 11 is 0. The summed E-state index contributed by atoms with van der Waals surface area (Å²) in [4.78, 5) is 34.5. The summed E-state index contributed by atoms with van der Waals surface area (Å²) in [6.07, 6.45) is 1.32. The molecule has 1 aromatic heterocycles. The first-order valence-electron chi connectivity index (χ1n) is 6.93. The number of urea groups is 1. The summed E-state index contributed by atoms with van der Waals surface area (Å²) < 4.78 is 17.6. The molecule has 0 aliphatic heterocycles. The number of halogens is 1. The van der Waals surface area contributed by atoms with Crippen LogP contribution in [-0.2, 0) is 11.3 Å². The van der Waals surface area contributed by atoms with Crippen molar-refractivity contribution in [2.45, 2.75) is 6.54 Å². The van der Waals surface area contributed by atoms with Crippen LogP contribution in [0.2, 0.25) is 0 Å². The Morgan fingerprint density at radius 2 is 1.75 bits per heavy atom. The van der Waals surface area contributed by atoms with Crippen molar-refractivity contribution in [3.63, 3.8) is 0 Å². The molecule has 1 aromatic carbocycles. The molecule has 0 aliphatic rings. The van der Waals surface area contributed by atoms with Crippen molar-refractivity contribution < 1.29 is 23.2 Å². The highest BCUT2D eigenvalue weighted by Crippen LogP contribution is 2.01. The summed E-state index contributed by atoms with van der Waals surface area (Å²) in [5, 5.41) is 4.82. The van der Waals surface area contributed by atoms with Crippen LogP contribution in [0.1, 0.15) is 16.1 Å². The van der Waals surface area contributed by atoms with Gasteiger partial charge in [-0.15, -0.1) is 0 Å².